The monoisotopic (exact) mass is 229 g/mol. The Hall–Kier alpha value is -1.45. The molecule has 90 valence electrons. The molecule has 2 nitrogen and oxygen atoms in total. The highest BCUT2D eigenvalue weighted by Gasteiger charge is 2.27. The molecule has 0 spiro atoms. The van der Waals surface area contributed by atoms with Gasteiger partial charge in [0.05, 0.1) is 0 Å². The van der Waals surface area contributed by atoms with Crippen LogP contribution in [0.5, 0.6) is 0 Å². The quantitative estimate of drug-likeness (QED) is 0.439. The molecule has 0 aromatic rings. The van der Waals surface area contributed by atoms with E-state index >= 15 is 0 Å². The molecule has 4 heteroatoms. The van der Waals surface area contributed by atoms with E-state index in [2.05, 4.69) is 6.58 Å². The van der Waals surface area contributed by atoms with Crippen molar-refractivity contribution in [2.24, 2.45) is 5.73 Å². The molecule has 0 fully saturated rings. The normalized spacial score (nSPS) is 14.4. The summed E-state index contributed by atoms with van der Waals surface area (Å²) in [6.07, 6.45) is 3.48. The van der Waals surface area contributed by atoms with E-state index in [1.807, 2.05) is 0 Å². The van der Waals surface area contributed by atoms with Gasteiger partial charge in [-0.05, 0) is 31.4 Å². The van der Waals surface area contributed by atoms with Gasteiger partial charge in [-0.15, -0.1) is 6.58 Å². The molecule has 0 bridgehead atoms. The Morgan fingerprint density at radius 3 is 2.25 bits per heavy atom. The van der Waals surface area contributed by atoms with Crippen LogP contribution in [0.4, 0.5) is 8.78 Å². The molecule has 0 aliphatic carbocycles. The average molecular weight is 229 g/mol. The number of primary amides is 1. The van der Waals surface area contributed by atoms with Crippen molar-refractivity contribution in [3.63, 3.8) is 0 Å². The first-order chi connectivity index (χ1) is 7.21. The molecule has 0 rings (SSSR count). The van der Waals surface area contributed by atoms with Crippen LogP contribution in [-0.4, -0.2) is 11.8 Å². The summed E-state index contributed by atoms with van der Waals surface area (Å²) >= 11 is 0. The first kappa shape index (κ1) is 14.6. The number of halogens is 2. The number of alkyl halides is 2. The Labute approximate surface area is 94.5 Å². The van der Waals surface area contributed by atoms with Crippen molar-refractivity contribution in [3.8, 4) is 0 Å². The lowest BCUT2D eigenvalue weighted by atomic mass is 9.97. The standard InChI is InChI=1S/C12H17F2NO/c1-5-6-7-10(11(15)16)8(2)9(3)12(4,13)14/h5,7H,1,6H2,2-4H3,(H2,15,16)/b9-8+,10-7+. The molecule has 0 aromatic carbocycles. The van der Waals surface area contributed by atoms with Crippen LogP contribution in [0.25, 0.3) is 0 Å². The van der Waals surface area contributed by atoms with Crippen LogP contribution < -0.4 is 5.73 Å². The Balaban J connectivity index is 5.40. The summed E-state index contributed by atoms with van der Waals surface area (Å²) in [6.45, 7) is 7.03. The molecule has 0 atom stereocenters. The molecule has 0 radical (unpaired) electrons. The number of rotatable bonds is 5. The molecule has 0 saturated carbocycles. The lowest BCUT2D eigenvalue weighted by Gasteiger charge is -2.15. The smallest absolute Gasteiger partial charge is 0.266 e. The van der Waals surface area contributed by atoms with Gasteiger partial charge in [0.1, 0.15) is 0 Å². The summed E-state index contributed by atoms with van der Waals surface area (Å²) in [5.41, 5.74) is 5.34. The van der Waals surface area contributed by atoms with E-state index in [4.69, 9.17) is 5.73 Å². The van der Waals surface area contributed by atoms with E-state index in [1.54, 1.807) is 6.08 Å². The zero-order chi connectivity index (χ0) is 12.9. The highest BCUT2D eigenvalue weighted by atomic mass is 19.3. The largest absolute Gasteiger partial charge is 0.366 e. The van der Waals surface area contributed by atoms with Crippen LogP contribution in [0.2, 0.25) is 0 Å². The van der Waals surface area contributed by atoms with Crippen molar-refractivity contribution in [2.75, 3.05) is 0 Å². The Morgan fingerprint density at radius 1 is 1.44 bits per heavy atom. The molecule has 1 amide bonds. The average Bonchev–Trinajstić information content (AvgIpc) is 2.15. The minimum Gasteiger partial charge on any atom is -0.366 e. The number of nitrogens with two attached hydrogens (primary N) is 1. The SMILES string of the molecule is C=CC/C=C(C(N)=O)\C(C)=C(/C)C(C)(F)F. The predicted octanol–water partition coefficient (Wildman–Crippen LogP) is 2.97. The van der Waals surface area contributed by atoms with E-state index in [-0.39, 0.29) is 16.7 Å². The third kappa shape index (κ3) is 3.96. The van der Waals surface area contributed by atoms with Crippen molar-refractivity contribution in [2.45, 2.75) is 33.1 Å². The van der Waals surface area contributed by atoms with Gasteiger partial charge in [0, 0.05) is 12.5 Å². The summed E-state index contributed by atoms with van der Waals surface area (Å²) in [4.78, 5) is 11.1. The maximum Gasteiger partial charge on any atom is 0.266 e. The molecule has 0 unspecified atom stereocenters. The summed E-state index contributed by atoms with van der Waals surface area (Å²) in [6, 6.07) is 0. The van der Waals surface area contributed by atoms with Gasteiger partial charge >= 0.3 is 0 Å². The summed E-state index contributed by atoms with van der Waals surface area (Å²) in [7, 11) is 0. The lowest BCUT2D eigenvalue weighted by Crippen LogP contribution is -2.19. The topological polar surface area (TPSA) is 43.1 Å². The zero-order valence-corrected chi connectivity index (χ0v) is 9.81. The number of carbonyl (C=O) groups is 1. The third-order valence-electron chi connectivity index (χ3n) is 2.38. The van der Waals surface area contributed by atoms with Crippen molar-refractivity contribution in [1.82, 2.24) is 0 Å². The van der Waals surface area contributed by atoms with E-state index in [9.17, 15) is 13.6 Å². The summed E-state index contributed by atoms with van der Waals surface area (Å²) < 4.78 is 26.1. The lowest BCUT2D eigenvalue weighted by molar-refractivity contribution is -0.114. The Morgan fingerprint density at radius 2 is 1.94 bits per heavy atom. The maximum atomic E-state index is 13.1. The van der Waals surface area contributed by atoms with Crippen LogP contribution in [0.1, 0.15) is 27.2 Å². The fourth-order valence-electron chi connectivity index (χ4n) is 1.17. The van der Waals surface area contributed by atoms with Crippen molar-refractivity contribution in [1.29, 1.82) is 0 Å². The number of hydrogen-bond acceptors (Lipinski definition) is 1. The molecule has 0 aliphatic heterocycles. The molecule has 2 N–H and O–H groups in total. The van der Waals surface area contributed by atoms with Gasteiger partial charge in [0.15, 0.2) is 0 Å². The zero-order valence-electron chi connectivity index (χ0n) is 9.81. The highest BCUT2D eigenvalue weighted by Crippen LogP contribution is 2.28. The fourth-order valence-corrected chi connectivity index (χ4v) is 1.17. The molecule has 0 aromatic heterocycles. The van der Waals surface area contributed by atoms with Gasteiger partial charge in [-0.2, -0.15) is 0 Å². The Bertz CT molecular complexity index is 349. The maximum absolute atomic E-state index is 13.1. The minimum atomic E-state index is -2.95. The van der Waals surface area contributed by atoms with Crippen LogP contribution in [0, 0.1) is 0 Å². The number of hydrogen-bond donors (Lipinski definition) is 1. The van der Waals surface area contributed by atoms with Crippen molar-refractivity contribution in [3.05, 3.63) is 35.5 Å². The van der Waals surface area contributed by atoms with E-state index in [0.717, 1.165) is 6.92 Å². The molecule has 0 aliphatic rings. The number of carbonyl (C=O) groups excluding carboxylic acids is 1. The van der Waals surface area contributed by atoms with Gasteiger partial charge in [-0.25, -0.2) is 8.78 Å². The molecule has 0 heterocycles. The second-order valence-electron chi connectivity index (χ2n) is 3.64. The minimum absolute atomic E-state index is 0.124. The molecule has 16 heavy (non-hydrogen) atoms. The molecular formula is C12H17F2NO. The van der Waals surface area contributed by atoms with Gasteiger partial charge in [0.25, 0.3) is 5.92 Å². The van der Waals surface area contributed by atoms with E-state index in [0.29, 0.717) is 6.42 Å². The second kappa shape index (κ2) is 5.58. The summed E-state index contributed by atoms with van der Waals surface area (Å²) in [5, 5.41) is 0. The predicted molar refractivity (Wildman–Crippen MR) is 61.1 cm³/mol. The highest BCUT2D eigenvalue weighted by molar-refractivity contribution is 5.96. The van der Waals surface area contributed by atoms with Gasteiger partial charge < -0.3 is 5.73 Å². The van der Waals surface area contributed by atoms with Crippen LogP contribution in [0.3, 0.4) is 0 Å². The number of allylic oxidation sites excluding steroid dienone is 3. The first-order valence-corrected chi connectivity index (χ1v) is 4.88. The summed E-state index contributed by atoms with van der Waals surface area (Å²) in [5.74, 6) is -3.66. The first-order valence-electron chi connectivity index (χ1n) is 4.88. The van der Waals surface area contributed by atoms with E-state index in [1.165, 1.54) is 19.9 Å². The van der Waals surface area contributed by atoms with E-state index < -0.39 is 11.8 Å². The van der Waals surface area contributed by atoms with Gasteiger partial charge in [-0.3, -0.25) is 4.79 Å². The van der Waals surface area contributed by atoms with Crippen LogP contribution >= 0.6 is 0 Å². The van der Waals surface area contributed by atoms with Gasteiger partial charge in [0.2, 0.25) is 5.91 Å². The second-order valence-corrected chi connectivity index (χ2v) is 3.64. The van der Waals surface area contributed by atoms with Crippen molar-refractivity contribution < 1.29 is 13.6 Å². The number of amides is 1. The molecule has 0 saturated heterocycles. The van der Waals surface area contributed by atoms with Gasteiger partial charge in [-0.1, -0.05) is 12.2 Å². The van der Waals surface area contributed by atoms with Crippen LogP contribution in [0.15, 0.2) is 35.5 Å². The fraction of sp³-hybridized carbons (Fsp3) is 0.417. The van der Waals surface area contributed by atoms with Crippen molar-refractivity contribution >= 4 is 5.91 Å². The Kier molecular flexibility index (Phi) is 5.08. The molecular weight excluding hydrogens is 212 g/mol. The van der Waals surface area contributed by atoms with Crippen LogP contribution in [-0.2, 0) is 4.79 Å². The third-order valence-corrected chi connectivity index (χ3v) is 2.38.